The molecule has 100 valence electrons. The Morgan fingerprint density at radius 2 is 1.95 bits per heavy atom. The highest BCUT2D eigenvalue weighted by atomic mass is 16.1. The number of aryl methyl sites for hydroxylation is 2. The number of hydrogen-bond donors (Lipinski definition) is 0. The van der Waals surface area contributed by atoms with E-state index in [1.807, 2.05) is 50.7 Å². The molecule has 0 saturated carbocycles. The van der Waals surface area contributed by atoms with Crippen LogP contribution in [0.5, 0.6) is 0 Å². The summed E-state index contributed by atoms with van der Waals surface area (Å²) in [4.78, 5) is 12.4. The molecule has 0 atom stereocenters. The molecule has 0 aliphatic rings. The second-order valence-corrected chi connectivity index (χ2v) is 5.17. The second kappa shape index (κ2) is 5.00. The summed E-state index contributed by atoms with van der Waals surface area (Å²) in [7, 11) is 1.99. The number of hydrogen-bond acceptors (Lipinski definition) is 1. The number of pyridine rings is 1. The Morgan fingerprint density at radius 1 is 1.26 bits per heavy atom. The minimum atomic E-state index is 0.167. The lowest BCUT2D eigenvalue weighted by molar-refractivity contribution is -0.689. The van der Waals surface area contributed by atoms with Crippen LogP contribution in [0.15, 0.2) is 24.4 Å². The number of carbonyl (C=O) groups is 1. The molecule has 0 unspecified atom stereocenters. The van der Waals surface area contributed by atoms with Gasteiger partial charge in [-0.2, -0.15) is 4.57 Å². The number of Topliss-reactive ketones (excluding diaryl/α,β-unsaturated/α-hetero) is 1. The average Bonchev–Trinajstić information content (AvgIpc) is 2.63. The van der Waals surface area contributed by atoms with Gasteiger partial charge in [-0.15, -0.1) is 0 Å². The average molecular weight is 257 g/mol. The third kappa shape index (κ3) is 2.46. The summed E-state index contributed by atoms with van der Waals surface area (Å²) in [5.74, 6) is 0.167. The van der Waals surface area contributed by atoms with Crippen molar-refractivity contribution in [3.63, 3.8) is 0 Å². The van der Waals surface area contributed by atoms with Crippen LogP contribution in [0.1, 0.15) is 33.0 Å². The molecule has 2 rings (SSSR count). The van der Waals surface area contributed by atoms with Crippen LogP contribution in [0.2, 0.25) is 0 Å². The summed E-state index contributed by atoms with van der Waals surface area (Å²) in [6.45, 7) is 8.53. The fraction of sp³-hybridized carbons (Fsp3) is 0.375. The number of aromatic nitrogens is 2. The minimum absolute atomic E-state index is 0.167. The molecule has 0 radical (unpaired) electrons. The first-order valence-corrected chi connectivity index (χ1v) is 6.53. The van der Waals surface area contributed by atoms with Crippen molar-refractivity contribution in [2.45, 2.75) is 34.2 Å². The summed E-state index contributed by atoms with van der Waals surface area (Å²) < 4.78 is 4.07. The van der Waals surface area contributed by atoms with Crippen LogP contribution in [0.3, 0.4) is 0 Å². The first-order valence-electron chi connectivity index (χ1n) is 6.53. The van der Waals surface area contributed by atoms with Crippen molar-refractivity contribution in [3.05, 3.63) is 52.6 Å². The molecule has 3 heteroatoms. The fourth-order valence-corrected chi connectivity index (χ4v) is 2.30. The maximum absolute atomic E-state index is 12.4. The van der Waals surface area contributed by atoms with E-state index in [1.54, 1.807) is 0 Å². The maximum atomic E-state index is 12.4. The molecule has 19 heavy (non-hydrogen) atoms. The third-order valence-corrected chi connectivity index (χ3v) is 4.00. The van der Waals surface area contributed by atoms with Gasteiger partial charge >= 0.3 is 0 Å². The molecule has 2 heterocycles. The molecule has 0 spiro atoms. The van der Waals surface area contributed by atoms with Crippen LogP contribution in [0.4, 0.5) is 0 Å². The zero-order valence-corrected chi connectivity index (χ0v) is 12.3. The quantitative estimate of drug-likeness (QED) is 0.612. The number of nitrogens with zero attached hydrogens (tertiary/aromatic N) is 2. The van der Waals surface area contributed by atoms with Crippen molar-refractivity contribution in [1.82, 2.24) is 4.57 Å². The van der Waals surface area contributed by atoms with Crippen LogP contribution in [0.25, 0.3) is 0 Å². The number of carbonyl (C=O) groups excluding carboxylic acids is 1. The SMILES string of the molecule is Cc1ccc[n+](CC(=O)c2cc(C)n(C)c2C)c1C. The van der Waals surface area contributed by atoms with Crippen LogP contribution < -0.4 is 4.57 Å². The van der Waals surface area contributed by atoms with E-state index in [9.17, 15) is 4.79 Å². The monoisotopic (exact) mass is 257 g/mol. The molecule has 2 aromatic heterocycles. The van der Waals surface area contributed by atoms with Gasteiger partial charge in [0.05, 0.1) is 0 Å². The van der Waals surface area contributed by atoms with E-state index in [0.717, 1.165) is 22.6 Å². The van der Waals surface area contributed by atoms with Crippen molar-refractivity contribution in [1.29, 1.82) is 0 Å². The second-order valence-electron chi connectivity index (χ2n) is 5.17. The van der Waals surface area contributed by atoms with Gasteiger partial charge in [0.1, 0.15) is 0 Å². The Kier molecular flexibility index (Phi) is 3.56. The van der Waals surface area contributed by atoms with E-state index in [1.165, 1.54) is 5.56 Å². The van der Waals surface area contributed by atoms with E-state index in [-0.39, 0.29) is 5.78 Å². The lowest BCUT2D eigenvalue weighted by Crippen LogP contribution is -2.41. The standard InChI is InChI=1S/C16H21N2O/c1-11-7-6-8-18(13(11)3)10-16(19)15-9-12(2)17(5)14(15)4/h6-9H,10H2,1-5H3/q+1. The van der Waals surface area contributed by atoms with E-state index >= 15 is 0 Å². The highest BCUT2D eigenvalue weighted by Crippen LogP contribution is 2.14. The zero-order valence-electron chi connectivity index (χ0n) is 12.3. The van der Waals surface area contributed by atoms with Gasteiger partial charge in [0.25, 0.3) is 0 Å². The van der Waals surface area contributed by atoms with Crippen molar-refractivity contribution >= 4 is 5.78 Å². The van der Waals surface area contributed by atoms with Gasteiger partial charge in [0.15, 0.2) is 11.9 Å². The first kappa shape index (κ1) is 13.5. The van der Waals surface area contributed by atoms with Crippen molar-refractivity contribution in [2.75, 3.05) is 0 Å². The molecular formula is C16H21N2O+. The summed E-state index contributed by atoms with van der Waals surface area (Å²) in [6, 6.07) is 6.02. The lowest BCUT2D eigenvalue weighted by atomic mass is 10.1. The topological polar surface area (TPSA) is 25.9 Å². The van der Waals surface area contributed by atoms with Gasteiger partial charge in [-0.1, -0.05) is 0 Å². The highest BCUT2D eigenvalue weighted by Gasteiger charge is 2.19. The fourth-order valence-electron chi connectivity index (χ4n) is 2.30. The molecule has 0 saturated heterocycles. The van der Waals surface area contributed by atoms with Gasteiger partial charge in [0.2, 0.25) is 12.3 Å². The van der Waals surface area contributed by atoms with Crippen molar-refractivity contribution in [3.8, 4) is 0 Å². The van der Waals surface area contributed by atoms with Crippen molar-refractivity contribution < 1.29 is 9.36 Å². The van der Waals surface area contributed by atoms with E-state index < -0.39 is 0 Å². The molecular weight excluding hydrogens is 236 g/mol. The van der Waals surface area contributed by atoms with Gasteiger partial charge in [-0.25, -0.2) is 0 Å². The molecule has 0 amide bonds. The Bertz CT molecular complexity index is 638. The Morgan fingerprint density at radius 3 is 2.53 bits per heavy atom. The number of ketones is 1. The first-order chi connectivity index (χ1) is 8.91. The highest BCUT2D eigenvalue weighted by molar-refractivity contribution is 5.96. The normalized spacial score (nSPS) is 10.8. The molecule has 2 aromatic rings. The van der Waals surface area contributed by atoms with E-state index in [0.29, 0.717) is 6.54 Å². The van der Waals surface area contributed by atoms with Crippen LogP contribution >= 0.6 is 0 Å². The minimum Gasteiger partial charge on any atom is -0.351 e. The predicted molar refractivity (Wildman–Crippen MR) is 75.3 cm³/mol. The molecule has 0 fully saturated rings. The van der Waals surface area contributed by atoms with Crippen LogP contribution in [-0.2, 0) is 13.6 Å². The molecule has 3 nitrogen and oxygen atoms in total. The number of rotatable bonds is 3. The third-order valence-electron chi connectivity index (χ3n) is 4.00. The zero-order chi connectivity index (χ0) is 14.2. The van der Waals surface area contributed by atoms with Crippen LogP contribution in [-0.4, -0.2) is 10.4 Å². The maximum Gasteiger partial charge on any atom is 0.229 e. The van der Waals surface area contributed by atoms with Gasteiger partial charge in [0, 0.05) is 42.6 Å². The summed E-state index contributed by atoms with van der Waals surface area (Å²) in [5.41, 5.74) is 5.33. The largest absolute Gasteiger partial charge is 0.351 e. The Balaban J connectivity index is 2.31. The summed E-state index contributed by atoms with van der Waals surface area (Å²) in [5, 5.41) is 0. The Labute approximate surface area is 114 Å². The molecule has 0 aliphatic carbocycles. The van der Waals surface area contributed by atoms with Crippen LogP contribution in [0, 0.1) is 27.7 Å². The van der Waals surface area contributed by atoms with Gasteiger partial charge < -0.3 is 4.57 Å². The Hall–Kier alpha value is -1.90. The molecule has 0 aliphatic heterocycles. The van der Waals surface area contributed by atoms with E-state index in [2.05, 4.69) is 17.6 Å². The smallest absolute Gasteiger partial charge is 0.229 e. The summed E-state index contributed by atoms with van der Waals surface area (Å²) in [6.07, 6.45) is 1.96. The molecule has 0 bridgehead atoms. The van der Waals surface area contributed by atoms with Gasteiger partial charge in [-0.3, -0.25) is 4.79 Å². The van der Waals surface area contributed by atoms with E-state index in [4.69, 9.17) is 0 Å². The lowest BCUT2D eigenvalue weighted by Gasteiger charge is -2.03. The molecule has 0 aromatic carbocycles. The summed E-state index contributed by atoms with van der Waals surface area (Å²) >= 11 is 0. The van der Waals surface area contributed by atoms with Crippen molar-refractivity contribution in [2.24, 2.45) is 7.05 Å². The predicted octanol–water partition coefficient (Wildman–Crippen LogP) is 2.43. The molecule has 0 N–H and O–H groups in total. The van der Waals surface area contributed by atoms with Gasteiger partial charge in [-0.05, 0) is 32.9 Å².